The number of nitrogens with two attached hydrogens (primary N) is 2. The Morgan fingerprint density at radius 2 is 2.00 bits per heavy atom. The van der Waals surface area contributed by atoms with Gasteiger partial charge in [-0.15, -0.1) is 10.2 Å². The van der Waals surface area contributed by atoms with E-state index in [0.717, 1.165) is 59.5 Å². The summed E-state index contributed by atoms with van der Waals surface area (Å²) in [5.41, 5.74) is 15.9. The van der Waals surface area contributed by atoms with Crippen LogP contribution in [-0.2, 0) is 6.42 Å². The van der Waals surface area contributed by atoms with E-state index < -0.39 is 0 Å². The largest absolute Gasteiger partial charge is 0.496 e. The number of nitrogens with zero attached hydrogens (tertiary/aromatic N) is 6. The van der Waals surface area contributed by atoms with Gasteiger partial charge in [0, 0.05) is 36.4 Å². The minimum Gasteiger partial charge on any atom is -0.496 e. The Morgan fingerprint density at radius 3 is 2.80 bits per heavy atom. The van der Waals surface area contributed by atoms with Gasteiger partial charge in [-0.25, -0.2) is 14.4 Å². The zero-order chi connectivity index (χ0) is 24.2. The Labute approximate surface area is 211 Å². The Balaban J connectivity index is 1.25. The molecule has 0 bridgehead atoms. The topological polar surface area (TPSA) is 120 Å². The molecule has 4 N–H and O–H groups in total. The molecular formula is C24H25ClN8OS. The number of rotatable bonds is 4. The normalized spacial score (nSPS) is 18.8. The van der Waals surface area contributed by atoms with Crippen molar-refractivity contribution in [2.24, 2.45) is 11.1 Å². The summed E-state index contributed by atoms with van der Waals surface area (Å²) in [6.07, 6.45) is 8.05. The molecule has 1 aliphatic heterocycles. The minimum absolute atomic E-state index is 0.00830. The SMILES string of the molecule is COc1cccc2c1CC1(CCN(c3ncc(Sc4ccnc(N)c4Cl)c4nncn34)CC1)[C@@H]2N. The molecule has 4 heterocycles. The van der Waals surface area contributed by atoms with Crippen LogP contribution in [0.2, 0.25) is 5.02 Å². The van der Waals surface area contributed by atoms with E-state index in [9.17, 15) is 0 Å². The molecule has 180 valence electrons. The molecule has 1 aliphatic carbocycles. The van der Waals surface area contributed by atoms with Crippen molar-refractivity contribution in [3.63, 3.8) is 0 Å². The highest BCUT2D eigenvalue weighted by molar-refractivity contribution is 7.99. The molecule has 0 amide bonds. The van der Waals surface area contributed by atoms with Gasteiger partial charge in [0.25, 0.3) is 0 Å². The number of pyridine rings is 1. The van der Waals surface area contributed by atoms with Gasteiger partial charge in [0.1, 0.15) is 17.9 Å². The Morgan fingerprint density at radius 1 is 1.17 bits per heavy atom. The summed E-state index contributed by atoms with van der Waals surface area (Å²) in [6, 6.07) is 8.04. The fourth-order valence-corrected chi connectivity index (χ4v) is 6.54. The highest BCUT2D eigenvalue weighted by atomic mass is 35.5. The van der Waals surface area contributed by atoms with Crippen molar-refractivity contribution in [1.82, 2.24) is 24.6 Å². The van der Waals surface area contributed by atoms with Crippen molar-refractivity contribution >= 4 is 40.8 Å². The van der Waals surface area contributed by atoms with E-state index in [4.69, 9.17) is 32.8 Å². The average Bonchev–Trinajstić information content (AvgIpc) is 3.47. The van der Waals surface area contributed by atoms with Crippen molar-refractivity contribution < 1.29 is 4.74 Å². The molecule has 3 aromatic heterocycles. The lowest BCUT2D eigenvalue weighted by Gasteiger charge is -2.42. The van der Waals surface area contributed by atoms with Crippen molar-refractivity contribution in [3.8, 4) is 5.75 Å². The first kappa shape index (κ1) is 22.4. The third-order valence-corrected chi connectivity index (χ3v) is 8.91. The fourth-order valence-electron chi connectivity index (χ4n) is 5.42. The van der Waals surface area contributed by atoms with Crippen LogP contribution in [0.4, 0.5) is 11.8 Å². The zero-order valence-electron chi connectivity index (χ0n) is 19.2. The number of hydrogen-bond donors (Lipinski definition) is 2. The monoisotopic (exact) mass is 508 g/mol. The Kier molecular flexibility index (Phi) is 5.46. The summed E-state index contributed by atoms with van der Waals surface area (Å²) in [5, 5.41) is 8.93. The molecule has 4 aromatic rings. The molecule has 1 fully saturated rings. The maximum atomic E-state index is 6.81. The first-order valence-corrected chi connectivity index (χ1v) is 12.6. The van der Waals surface area contributed by atoms with Crippen LogP contribution in [0.3, 0.4) is 0 Å². The molecule has 1 atom stereocenters. The van der Waals surface area contributed by atoms with Gasteiger partial charge in [0.05, 0.1) is 17.0 Å². The number of aromatic nitrogens is 5. The molecule has 2 aliphatic rings. The van der Waals surface area contributed by atoms with E-state index in [1.54, 1.807) is 19.6 Å². The number of nitrogen functional groups attached to an aromatic ring is 1. The molecular weight excluding hydrogens is 484 g/mol. The lowest BCUT2D eigenvalue weighted by molar-refractivity contribution is 0.186. The molecule has 35 heavy (non-hydrogen) atoms. The van der Waals surface area contributed by atoms with E-state index in [2.05, 4.69) is 26.1 Å². The van der Waals surface area contributed by atoms with Crippen LogP contribution in [0.5, 0.6) is 5.75 Å². The Bertz CT molecular complexity index is 1420. The molecule has 1 saturated heterocycles. The molecule has 0 unspecified atom stereocenters. The number of hydrogen-bond acceptors (Lipinski definition) is 9. The number of anilines is 2. The summed E-state index contributed by atoms with van der Waals surface area (Å²) < 4.78 is 7.56. The van der Waals surface area contributed by atoms with Crippen LogP contribution >= 0.6 is 23.4 Å². The molecule has 0 radical (unpaired) electrons. The van der Waals surface area contributed by atoms with E-state index in [1.807, 2.05) is 28.8 Å². The first-order valence-electron chi connectivity index (χ1n) is 11.4. The number of halogens is 1. The minimum atomic E-state index is 0.00830. The summed E-state index contributed by atoms with van der Waals surface area (Å²) in [5.74, 6) is 2.06. The third kappa shape index (κ3) is 3.59. The highest BCUT2D eigenvalue weighted by Gasteiger charge is 2.47. The molecule has 0 saturated carbocycles. The van der Waals surface area contributed by atoms with E-state index in [0.29, 0.717) is 10.8 Å². The summed E-state index contributed by atoms with van der Waals surface area (Å²) in [7, 11) is 1.73. The van der Waals surface area contributed by atoms with Crippen LogP contribution in [0.25, 0.3) is 5.65 Å². The van der Waals surface area contributed by atoms with Crippen LogP contribution in [0, 0.1) is 5.41 Å². The summed E-state index contributed by atoms with van der Waals surface area (Å²) in [6.45, 7) is 1.70. The maximum absolute atomic E-state index is 6.81. The molecule has 6 rings (SSSR count). The number of piperidine rings is 1. The smallest absolute Gasteiger partial charge is 0.212 e. The van der Waals surface area contributed by atoms with E-state index in [-0.39, 0.29) is 11.5 Å². The van der Waals surface area contributed by atoms with Gasteiger partial charge in [0.15, 0.2) is 5.65 Å². The van der Waals surface area contributed by atoms with Crippen molar-refractivity contribution in [2.75, 3.05) is 30.8 Å². The predicted octanol–water partition coefficient (Wildman–Crippen LogP) is 3.76. The van der Waals surface area contributed by atoms with Crippen molar-refractivity contribution in [1.29, 1.82) is 0 Å². The predicted molar refractivity (Wildman–Crippen MR) is 136 cm³/mol. The van der Waals surface area contributed by atoms with Gasteiger partial charge in [-0.1, -0.05) is 35.5 Å². The van der Waals surface area contributed by atoms with Crippen LogP contribution in [0.15, 0.2) is 52.8 Å². The quantitative estimate of drug-likeness (QED) is 0.424. The van der Waals surface area contributed by atoms with E-state index in [1.165, 1.54) is 22.9 Å². The van der Waals surface area contributed by atoms with Crippen LogP contribution < -0.4 is 21.1 Å². The van der Waals surface area contributed by atoms with Crippen molar-refractivity contribution in [3.05, 3.63) is 59.1 Å². The number of fused-ring (bicyclic) bond motifs is 2. The average molecular weight is 509 g/mol. The van der Waals surface area contributed by atoms with E-state index >= 15 is 0 Å². The fraction of sp³-hybridized carbons (Fsp3) is 0.333. The second-order valence-corrected chi connectivity index (χ2v) is 10.6. The summed E-state index contributed by atoms with van der Waals surface area (Å²) >= 11 is 7.79. The summed E-state index contributed by atoms with van der Waals surface area (Å²) in [4.78, 5) is 12.8. The zero-order valence-corrected chi connectivity index (χ0v) is 20.8. The van der Waals surface area contributed by atoms with Gasteiger partial charge < -0.3 is 21.1 Å². The van der Waals surface area contributed by atoms with Gasteiger partial charge in [-0.2, -0.15) is 0 Å². The molecule has 11 heteroatoms. The van der Waals surface area contributed by atoms with Crippen molar-refractivity contribution in [2.45, 2.75) is 35.1 Å². The van der Waals surface area contributed by atoms with Gasteiger partial charge in [-0.3, -0.25) is 0 Å². The third-order valence-electron chi connectivity index (χ3n) is 7.34. The number of ether oxygens (including phenoxy) is 1. The van der Waals surface area contributed by atoms with Crippen LogP contribution in [-0.4, -0.2) is 44.8 Å². The Hall–Kier alpha value is -3.08. The molecule has 1 aromatic carbocycles. The standard InChI is InChI=1S/C24H25ClN8OS/c1-34-16-4-2-3-14-15(16)11-24(20(14)26)6-9-32(10-7-24)23-29-12-18(22-31-30-13-33(22)23)35-17-5-8-28-21(27)19(17)25/h2-5,8,12-13,20H,6-7,9-11,26H2,1H3,(H2,27,28)/t20-/m1/s1. The van der Waals surface area contributed by atoms with Gasteiger partial charge in [-0.05, 0) is 47.9 Å². The molecule has 1 spiro atoms. The second-order valence-electron chi connectivity index (χ2n) is 9.09. The van der Waals surface area contributed by atoms with Crippen LogP contribution in [0.1, 0.15) is 30.0 Å². The molecule has 9 nitrogen and oxygen atoms in total. The first-order chi connectivity index (χ1) is 17.0. The highest BCUT2D eigenvalue weighted by Crippen LogP contribution is 2.53. The lowest BCUT2D eigenvalue weighted by Crippen LogP contribution is -2.45. The number of benzene rings is 1. The van der Waals surface area contributed by atoms with Gasteiger partial charge >= 0.3 is 0 Å². The number of methoxy groups -OCH3 is 1. The second kappa shape index (κ2) is 8.54. The maximum Gasteiger partial charge on any atom is 0.212 e. The lowest BCUT2D eigenvalue weighted by atomic mass is 9.73. The van der Waals surface area contributed by atoms with Gasteiger partial charge in [0.2, 0.25) is 5.95 Å².